The molecule has 2 aliphatic rings. The normalized spacial score (nSPS) is 15.0. The van der Waals surface area contributed by atoms with Crippen LogP contribution in [0.15, 0.2) is 73.1 Å². The Labute approximate surface area is 391 Å². The lowest BCUT2D eigenvalue weighted by atomic mass is 9.95. The molecule has 2 saturated heterocycles. The first-order valence-electron chi connectivity index (χ1n) is 23.2. The molecule has 0 radical (unpaired) electrons. The molecule has 0 bridgehead atoms. The Morgan fingerprint density at radius 3 is 1.54 bits per heavy atom. The summed E-state index contributed by atoms with van der Waals surface area (Å²) in [6, 6.07) is 19.2. The summed E-state index contributed by atoms with van der Waals surface area (Å²) in [5.74, 6) is -1.83. The van der Waals surface area contributed by atoms with Gasteiger partial charge in [0.05, 0.1) is 40.0 Å². The summed E-state index contributed by atoms with van der Waals surface area (Å²) in [4.78, 5) is 91.5. The van der Waals surface area contributed by atoms with Gasteiger partial charge >= 0.3 is 5.97 Å². The molecule has 16 nitrogen and oxygen atoms in total. The van der Waals surface area contributed by atoms with E-state index >= 15 is 0 Å². The van der Waals surface area contributed by atoms with Crippen LogP contribution in [-0.2, 0) is 23.6 Å². The van der Waals surface area contributed by atoms with Crippen LogP contribution in [0.2, 0.25) is 0 Å². The maximum Gasteiger partial charge on any atom is 0.316 e. The van der Waals surface area contributed by atoms with Gasteiger partial charge in [0.1, 0.15) is 17.3 Å². The molecule has 1 atom stereocenters. The number of aromatic nitrogens is 6. The Bertz CT molecular complexity index is 2760. The van der Waals surface area contributed by atoms with Crippen molar-refractivity contribution in [2.75, 3.05) is 82.9 Å². The fourth-order valence-corrected chi connectivity index (χ4v) is 8.91. The van der Waals surface area contributed by atoms with Gasteiger partial charge in [0, 0.05) is 98.1 Å². The number of fused-ring (bicyclic) bond motifs is 2. The zero-order chi connectivity index (χ0) is 47.8. The van der Waals surface area contributed by atoms with E-state index in [0.717, 1.165) is 91.4 Å². The number of likely N-dealkylation sites (N-methyl/N-ethyl adjacent to an activating group) is 2. The van der Waals surface area contributed by atoms with Gasteiger partial charge < -0.3 is 33.5 Å². The zero-order valence-electron chi connectivity index (χ0n) is 39.8. The molecule has 0 saturated carbocycles. The van der Waals surface area contributed by atoms with E-state index in [2.05, 4.69) is 59.7 Å². The van der Waals surface area contributed by atoms with Gasteiger partial charge in [-0.25, -0.2) is 9.97 Å². The Morgan fingerprint density at radius 2 is 1.04 bits per heavy atom. The topological polar surface area (TPSA) is 169 Å². The molecule has 16 heteroatoms. The number of carbonyl (C=O) groups excluding carboxylic acids is 5. The fraction of sp³-hybridized carbons (Fsp3) is 0.431. The highest BCUT2D eigenvalue weighted by Crippen LogP contribution is 2.31. The van der Waals surface area contributed by atoms with Crippen molar-refractivity contribution in [1.29, 1.82) is 0 Å². The van der Waals surface area contributed by atoms with E-state index in [4.69, 9.17) is 4.74 Å². The van der Waals surface area contributed by atoms with Crippen molar-refractivity contribution in [3.63, 3.8) is 0 Å². The highest BCUT2D eigenvalue weighted by atomic mass is 16.5. The molecule has 0 amide bonds. The van der Waals surface area contributed by atoms with E-state index in [1.54, 1.807) is 37.0 Å². The van der Waals surface area contributed by atoms with Gasteiger partial charge in [0.15, 0.2) is 29.0 Å². The molecule has 352 valence electrons. The quantitative estimate of drug-likeness (QED) is 0.0601. The second kappa shape index (κ2) is 21.8. The van der Waals surface area contributed by atoms with Crippen molar-refractivity contribution < 1.29 is 28.7 Å². The van der Waals surface area contributed by atoms with Crippen LogP contribution in [0.3, 0.4) is 0 Å². The first-order valence-corrected chi connectivity index (χ1v) is 23.2. The molecular formula is C51H62N10O6. The first-order chi connectivity index (χ1) is 32.3. The number of carbonyl (C=O) groups is 5. The predicted octanol–water partition coefficient (Wildman–Crippen LogP) is 6.32. The average molecular weight is 911 g/mol. The third-order valence-corrected chi connectivity index (χ3v) is 12.8. The Hall–Kier alpha value is -6.65. The largest absolute Gasteiger partial charge is 0.465 e. The number of nitrogens with zero attached hydrogens (tertiary/aromatic N) is 10. The van der Waals surface area contributed by atoms with Crippen LogP contribution in [0, 0.1) is 19.8 Å². The summed E-state index contributed by atoms with van der Waals surface area (Å²) in [6.07, 6.45) is 4.31. The van der Waals surface area contributed by atoms with Gasteiger partial charge in [-0.05, 0) is 95.2 Å². The minimum atomic E-state index is -1.12. The maximum atomic E-state index is 13.7. The number of hydrogen-bond donors (Lipinski definition) is 0. The van der Waals surface area contributed by atoms with Gasteiger partial charge in [-0.3, -0.25) is 33.9 Å². The number of benzene rings is 2. The molecule has 2 fully saturated rings. The van der Waals surface area contributed by atoms with Crippen molar-refractivity contribution in [3.8, 4) is 0 Å². The van der Waals surface area contributed by atoms with E-state index in [0.29, 0.717) is 42.0 Å². The van der Waals surface area contributed by atoms with Crippen molar-refractivity contribution in [2.45, 2.75) is 52.9 Å². The molecule has 4 aromatic heterocycles. The van der Waals surface area contributed by atoms with E-state index < -0.39 is 17.7 Å². The lowest BCUT2D eigenvalue weighted by Crippen LogP contribution is -2.44. The van der Waals surface area contributed by atoms with Crippen molar-refractivity contribution in [3.05, 3.63) is 107 Å². The summed E-state index contributed by atoms with van der Waals surface area (Å²) < 4.78 is 8.89. The van der Waals surface area contributed by atoms with Gasteiger partial charge in [0.25, 0.3) is 0 Å². The first kappa shape index (κ1) is 48.3. The molecule has 0 N–H and O–H groups in total. The molecule has 1 unspecified atom stereocenters. The number of rotatable bonds is 16. The number of imidazole rings is 2. The molecule has 6 heterocycles. The maximum absolute atomic E-state index is 13.7. The molecule has 2 aliphatic heterocycles. The third-order valence-electron chi connectivity index (χ3n) is 12.8. The van der Waals surface area contributed by atoms with Gasteiger partial charge in [-0.2, -0.15) is 0 Å². The molecular weight excluding hydrogens is 849 g/mol. The second-order valence-electron chi connectivity index (χ2n) is 17.5. The van der Waals surface area contributed by atoms with E-state index in [9.17, 15) is 24.0 Å². The molecule has 8 rings (SSSR count). The number of para-hydroxylation sites is 2. The van der Waals surface area contributed by atoms with Gasteiger partial charge in [-0.1, -0.05) is 24.3 Å². The fourth-order valence-electron chi connectivity index (χ4n) is 8.91. The highest BCUT2D eigenvalue weighted by molar-refractivity contribution is 6.09. The number of ether oxygens (including phenoxy) is 1. The minimum Gasteiger partial charge on any atom is -0.465 e. The van der Waals surface area contributed by atoms with Crippen LogP contribution < -0.4 is 9.80 Å². The van der Waals surface area contributed by atoms with Crippen molar-refractivity contribution in [1.82, 2.24) is 38.9 Å². The van der Waals surface area contributed by atoms with Crippen molar-refractivity contribution in [2.24, 2.45) is 20.0 Å². The molecule has 0 spiro atoms. The number of aryl methyl sites for hydroxylation is 4. The lowest BCUT2D eigenvalue weighted by Gasteiger charge is -2.34. The average Bonchev–Trinajstić information content (AvgIpc) is 3.86. The third kappa shape index (κ3) is 11.0. The molecule has 0 aliphatic carbocycles. The molecule has 2 aromatic carbocycles. The zero-order valence-corrected chi connectivity index (χ0v) is 39.8. The summed E-state index contributed by atoms with van der Waals surface area (Å²) in [5, 5.41) is 0. The molecule has 6 aromatic rings. The summed E-state index contributed by atoms with van der Waals surface area (Å²) in [5.41, 5.74) is 8.00. The van der Waals surface area contributed by atoms with Crippen LogP contribution in [0.25, 0.3) is 22.1 Å². The number of piperazine rings is 2. The highest BCUT2D eigenvalue weighted by Gasteiger charge is 2.34. The number of ketones is 4. The van der Waals surface area contributed by atoms with Crippen LogP contribution >= 0.6 is 0 Å². The van der Waals surface area contributed by atoms with Crippen LogP contribution in [0.1, 0.15) is 92.4 Å². The van der Waals surface area contributed by atoms with Gasteiger partial charge in [0.2, 0.25) is 5.78 Å². The Kier molecular flexibility index (Phi) is 15.7. The summed E-state index contributed by atoms with van der Waals surface area (Å²) in [7, 11) is 7.95. The Balaban J connectivity index is 0.000000201. The minimum absolute atomic E-state index is 0.00353. The Morgan fingerprint density at radius 1 is 0.582 bits per heavy atom. The van der Waals surface area contributed by atoms with E-state index in [-0.39, 0.29) is 42.6 Å². The predicted molar refractivity (Wildman–Crippen MR) is 259 cm³/mol. The SMILES string of the molecule is CCOC(=O)C(CCC(=O)c1ncccc1C)C(=O)c1nc2cccc(N3CCN(C)CC3)c2n1C.Cc1cccnc1C(=O)CCCC(=O)c1nc2cccc(N3CCN(C)CC3)c2n1C. The lowest BCUT2D eigenvalue weighted by molar-refractivity contribution is -0.146. The van der Waals surface area contributed by atoms with E-state index in [1.807, 2.05) is 74.0 Å². The van der Waals surface area contributed by atoms with Crippen LogP contribution in [0.5, 0.6) is 0 Å². The van der Waals surface area contributed by atoms with Crippen molar-refractivity contribution >= 4 is 62.5 Å². The van der Waals surface area contributed by atoms with Crippen LogP contribution in [0.4, 0.5) is 11.4 Å². The summed E-state index contributed by atoms with van der Waals surface area (Å²) >= 11 is 0. The molecule has 67 heavy (non-hydrogen) atoms. The monoisotopic (exact) mass is 910 g/mol. The van der Waals surface area contributed by atoms with Crippen LogP contribution in [-0.4, -0.2) is 141 Å². The number of hydrogen-bond acceptors (Lipinski definition) is 14. The van der Waals surface area contributed by atoms with E-state index in [1.165, 1.54) is 0 Å². The van der Waals surface area contributed by atoms with Gasteiger partial charge in [-0.15, -0.1) is 0 Å². The number of pyridine rings is 2. The summed E-state index contributed by atoms with van der Waals surface area (Å²) in [6.45, 7) is 13.1. The smallest absolute Gasteiger partial charge is 0.316 e. The second-order valence-corrected chi connectivity index (χ2v) is 17.5. The number of esters is 1. The number of Topliss-reactive ketones (excluding diaryl/α,β-unsaturated/α-hetero) is 4. The number of anilines is 2. The standard InChI is InChI=1S/C27H33N5O4.C24H29N5O2/c1-5-36-27(35)19(11-12-22(33)23-18(2)8-7-13-28-23)25(34)26-29-20-9-6-10-21(24(20)31(26)4)32-16-14-30(3)15-17-32;1-17-7-6-12-25-22(17)20(30)10-5-11-21(31)24-26-18-8-4-9-19(23(18)28(24)3)29-15-13-27(2)14-16-29/h6-10,13,19H,5,11-12,14-17H2,1-4H3;4,6-9,12H,5,10-11,13-16H2,1-3H3.